The van der Waals surface area contributed by atoms with Gasteiger partial charge in [0.15, 0.2) is 0 Å². The number of carbonyl (C=O) groups is 1. The number of rotatable bonds is 5. The van der Waals surface area contributed by atoms with Gasteiger partial charge in [0.2, 0.25) is 0 Å². The normalized spacial score (nSPS) is 18.5. The third kappa shape index (κ3) is 4.00. The summed E-state index contributed by atoms with van der Waals surface area (Å²) in [5.41, 5.74) is -0.443. The van der Waals surface area contributed by atoms with E-state index in [0.29, 0.717) is 13.1 Å². The number of carbonyl (C=O) groups excluding carboxylic acids is 1. The molecule has 1 aliphatic rings. The second-order valence-electron chi connectivity index (χ2n) is 5.49. The summed E-state index contributed by atoms with van der Waals surface area (Å²) >= 11 is 0. The molecule has 5 heteroatoms. The minimum Gasteiger partial charge on any atom is -0.337 e. The lowest BCUT2D eigenvalue weighted by molar-refractivity contribution is 0.0722. The fraction of sp³-hybridized carbons (Fsp3) is 0.562. The Hall–Kier alpha value is -1.49. The molecule has 1 heterocycles. The van der Waals surface area contributed by atoms with Crippen LogP contribution in [0.15, 0.2) is 18.2 Å². The topological polar surface area (TPSA) is 32.3 Å². The van der Waals surface area contributed by atoms with E-state index in [-0.39, 0.29) is 6.04 Å². The van der Waals surface area contributed by atoms with Crippen molar-refractivity contribution in [3.63, 3.8) is 0 Å². The lowest BCUT2D eigenvalue weighted by atomic mass is 10.0. The second-order valence-corrected chi connectivity index (χ2v) is 5.49. The van der Waals surface area contributed by atoms with Crippen LogP contribution in [-0.2, 0) is 0 Å². The van der Waals surface area contributed by atoms with E-state index in [1.165, 1.54) is 6.07 Å². The molecule has 0 spiro atoms. The minimum atomic E-state index is -0.794. The van der Waals surface area contributed by atoms with Crippen LogP contribution in [0.3, 0.4) is 0 Å². The highest BCUT2D eigenvalue weighted by Crippen LogP contribution is 2.17. The van der Waals surface area contributed by atoms with E-state index in [1.54, 1.807) is 4.90 Å². The molecule has 21 heavy (non-hydrogen) atoms. The molecule has 0 saturated carbocycles. The maximum absolute atomic E-state index is 13.8. The maximum atomic E-state index is 13.8. The molecule has 1 saturated heterocycles. The summed E-state index contributed by atoms with van der Waals surface area (Å²) in [6.45, 7) is 3.89. The zero-order chi connectivity index (χ0) is 15.2. The van der Waals surface area contributed by atoms with Gasteiger partial charge in [0.05, 0.1) is 0 Å². The molecule has 2 rings (SSSR count). The Bertz CT molecular complexity index is 467. The lowest BCUT2D eigenvalue weighted by Gasteiger charge is -2.30. The molecule has 1 unspecified atom stereocenters. The molecule has 1 fully saturated rings. The number of nitrogens with one attached hydrogen (secondary N) is 1. The third-order valence-electron chi connectivity index (χ3n) is 3.81. The molecular weight excluding hydrogens is 274 g/mol. The fourth-order valence-electron chi connectivity index (χ4n) is 2.75. The van der Waals surface area contributed by atoms with E-state index >= 15 is 0 Å². The fourth-order valence-corrected chi connectivity index (χ4v) is 2.75. The number of amides is 1. The zero-order valence-electron chi connectivity index (χ0n) is 12.4. The van der Waals surface area contributed by atoms with Crippen molar-refractivity contribution in [2.75, 3.05) is 19.6 Å². The summed E-state index contributed by atoms with van der Waals surface area (Å²) in [5.74, 6) is -2.14. The molecule has 1 aromatic rings. The maximum Gasteiger partial charge on any atom is 0.259 e. The quantitative estimate of drug-likeness (QED) is 0.906. The first-order chi connectivity index (χ1) is 10.1. The lowest BCUT2D eigenvalue weighted by Crippen LogP contribution is -2.46. The predicted molar refractivity (Wildman–Crippen MR) is 78.2 cm³/mol. The summed E-state index contributed by atoms with van der Waals surface area (Å²) < 4.78 is 27.6. The van der Waals surface area contributed by atoms with E-state index in [2.05, 4.69) is 5.32 Å². The first kappa shape index (κ1) is 15.9. The van der Waals surface area contributed by atoms with E-state index in [0.717, 1.165) is 44.4 Å². The molecule has 1 aromatic carbocycles. The number of hydrogen-bond donors (Lipinski definition) is 1. The zero-order valence-corrected chi connectivity index (χ0v) is 12.4. The van der Waals surface area contributed by atoms with Crippen molar-refractivity contribution in [3.05, 3.63) is 35.4 Å². The Morgan fingerprint density at radius 2 is 2.05 bits per heavy atom. The van der Waals surface area contributed by atoms with Crippen LogP contribution in [0.1, 0.15) is 43.0 Å². The average molecular weight is 296 g/mol. The highest BCUT2D eigenvalue weighted by atomic mass is 19.1. The van der Waals surface area contributed by atoms with E-state index < -0.39 is 23.1 Å². The van der Waals surface area contributed by atoms with Crippen molar-refractivity contribution in [1.29, 1.82) is 0 Å². The Balaban J connectivity index is 2.14. The van der Waals surface area contributed by atoms with Gasteiger partial charge >= 0.3 is 0 Å². The number of piperidine rings is 1. The smallest absolute Gasteiger partial charge is 0.259 e. The van der Waals surface area contributed by atoms with Crippen molar-refractivity contribution in [1.82, 2.24) is 10.2 Å². The van der Waals surface area contributed by atoms with Crippen LogP contribution >= 0.6 is 0 Å². The molecule has 1 atom stereocenters. The summed E-state index contributed by atoms with van der Waals surface area (Å²) in [5, 5.41) is 3.36. The van der Waals surface area contributed by atoms with E-state index in [9.17, 15) is 13.6 Å². The monoisotopic (exact) mass is 296 g/mol. The molecule has 1 amide bonds. The average Bonchev–Trinajstić information content (AvgIpc) is 2.47. The molecule has 1 N–H and O–H groups in total. The van der Waals surface area contributed by atoms with E-state index in [4.69, 9.17) is 0 Å². The standard InChI is InChI=1S/C16H22F2N2O/c1-2-10-20(11-12-6-3-4-9-19-12)16(21)15-13(17)7-5-8-14(15)18/h5,7-8,12,19H,2-4,6,9-11H2,1H3. The largest absolute Gasteiger partial charge is 0.337 e. The summed E-state index contributed by atoms with van der Waals surface area (Å²) in [7, 11) is 0. The first-order valence-corrected chi connectivity index (χ1v) is 7.60. The molecule has 0 radical (unpaired) electrons. The SMILES string of the molecule is CCCN(CC1CCCCN1)C(=O)c1c(F)cccc1F. The Morgan fingerprint density at radius 3 is 2.62 bits per heavy atom. The van der Waals surface area contributed by atoms with Gasteiger partial charge in [-0.3, -0.25) is 4.79 Å². The number of halogens is 2. The van der Waals surface area contributed by atoms with E-state index in [1.807, 2.05) is 6.92 Å². The number of benzene rings is 1. The predicted octanol–water partition coefficient (Wildman–Crippen LogP) is 2.96. The van der Waals surface area contributed by atoms with Crippen LogP contribution < -0.4 is 5.32 Å². The van der Waals surface area contributed by atoms with Crippen molar-refractivity contribution in [2.24, 2.45) is 0 Å². The highest BCUT2D eigenvalue weighted by molar-refractivity contribution is 5.94. The Morgan fingerprint density at radius 1 is 1.33 bits per heavy atom. The molecule has 0 aliphatic carbocycles. The van der Waals surface area contributed by atoms with Crippen LogP contribution in [0.2, 0.25) is 0 Å². The highest BCUT2D eigenvalue weighted by Gasteiger charge is 2.25. The number of nitrogens with zero attached hydrogens (tertiary/aromatic N) is 1. The number of hydrogen-bond acceptors (Lipinski definition) is 2. The molecule has 0 aromatic heterocycles. The second kappa shape index (κ2) is 7.50. The Labute approximate surface area is 124 Å². The van der Waals surface area contributed by atoms with Crippen LogP contribution in [0.4, 0.5) is 8.78 Å². The van der Waals surface area contributed by atoms with Crippen LogP contribution in [0.5, 0.6) is 0 Å². The van der Waals surface area contributed by atoms with Gasteiger partial charge in [0.25, 0.3) is 5.91 Å². The summed E-state index contributed by atoms with van der Waals surface area (Å²) in [4.78, 5) is 14.0. The minimum absolute atomic E-state index is 0.212. The van der Waals surface area contributed by atoms with Gasteiger partial charge in [-0.05, 0) is 37.9 Å². The van der Waals surface area contributed by atoms with Crippen molar-refractivity contribution in [2.45, 2.75) is 38.6 Å². The van der Waals surface area contributed by atoms with Crippen molar-refractivity contribution in [3.8, 4) is 0 Å². The molecule has 0 bridgehead atoms. The summed E-state index contributed by atoms with van der Waals surface area (Å²) in [6, 6.07) is 3.73. The van der Waals surface area contributed by atoms with Gasteiger partial charge in [-0.15, -0.1) is 0 Å². The molecule has 3 nitrogen and oxygen atoms in total. The third-order valence-corrected chi connectivity index (χ3v) is 3.81. The van der Waals surface area contributed by atoms with Crippen molar-refractivity contribution < 1.29 is 13.6 Å². The summed E-state index contributed by atoms with van der Waals surface area (Å²) in [6.07, 6.45) is 4.02. The van der Waals surface area contributed by atoms with Gasteiger partial charge in [-0.2, -0.15) is 0 Å². The van der Waals surface area contributed by atoms with Crippen LogP contribution in [0.25, 0.3) is 0 Å². The van der Waals surface area contributed by atoms with Crippen LogP contribution in [0, 0.1) is 11.6 Å². The van der Waals surface area contributed by atoms with Crippen molar-refractivity contribution >= 4 is 5.91 Å². The van der Waals surface area contributed by atoms with Gasteiger partial charge < -0.3 is 10.2 Å². The Kier molecular flexibility index (Phi) is 5.67. The van der Waals surface area contributed by atoms with Gasteiger partial charge in [0, 0.05) is 19.1 Å². The molecule has 1 aliphatic heterocycles. The first-order valence-electron chi connectivity index (χ1n) is 7.60. The molecule has 116 valence electrons. The van der Waals surface area contributed by atoms with Crippen LogP contribution in [-0.4, -0.2) is 36.5 Å². The van der Waals surface area contributed by atoms with Gasteiger partial charge in [0.1, 0.15) is 17.2 Å². The van der Waals surface area contributed by atoms with Gasteiger partial charge in [-0.1, -0.05) is 19.4 Å². The van der Waals surface area contributed by atoms with Gasteiger partial charge in [-0.25, -0.2) is 8.78 Å². The molecular formula is C16H22F2N2O.